The van der Waals surface area contributed by atoms with E-state index >= 15 is 0 Å². The number of benzene rings is 1. The molecule has 4 rings (SSSR count). The van der Waals surface area contributed by atoms with E-state index in [9.17, 15) is 0 Å². The summed E-state index contributed by atoms with van der Waals surface area (Å²) in [6.07, 6.45) is 2.49. The predicted molar refractivity (Wildman–Crippen MR) is 94.1 cm³/mol. The molecule has 2 unspecified atom stereocenters. The fourth-order valence-electron chi connectivity index (χ4n) is 3.04. The van der Waals surface area contributed by atoms with Crippen molar-refractivity contribution in [1.29, 1.82) is 0 Å². The topological polar surface area (TPSA) is 77.2 Å². The first-order valence-corrected chi connectivity index (χ1v) is 8.52. The highest BCUT2D eigenvalue weighted by atomic mass is 35.5. The summed E-state index contributed by atoms with van der Waals surface area (Å²) in [7, 11) is 1.69. The number of rotatable bonds is 3. The first-order chi connectivity index (χ1) is 12.0. The quantitative estimate of drug-likeness (QED) is 0.687. The van der Waals surface area contributed by atoms with Crippen molar-refractivity contribution < 1.29 is 9.26 Å². The van der Waals surface area contributed by atoms with Crippen LogP contribution in [-0.2, 0) is 4.74 Å². The second-order valence-corrected chi connectivity index (χ2v) is 6.74. The van der Waals surface area contributed by atoms with Crippen LogP contribution in [-0.4, -0.2) is 39.9 Å². The maximum atomic E-state index is 6.11. The Morgan fingerprint density at radius 1 is 1.20 bits per heavy atom. The molecule has 2 aromatic heterocycles. The molecule has 9 heteroatoms. The van der Waals surface area contributed by atoms with Crippen LogP contribution in [0.2, 0.25) is 10.0 Å². The van der Waals surface area contributed by atoms with Gasteiger partial charge in [0.25, 0.3) is 0 Å². The minimum Gasteiger partial charge on any atom is -0.380 e. The van der Waals surface area contributed by atoms with Gasteiger partial charge in [0.1, 0.15) is 11.9 Å². The van der Waals surface area contributed by atoms with E-state index in [2.05, 4.69) is 25.0 Å². The Morgan fingerprint density at radius 2 is 1.96 bits per heavy atom. The average molecular weight is 380 g/mol. The molecular formula is C16H15Cl2N5O2. The molecule has 0 spiro atoms. The van der Waals surface area contributed by atoms with Crippen molar-refractivity contribution in [2.75, 3.05) is 18.6 Å². The maximum absolute atomic E-state index is 6.11. The Balaban J connectivity index is 1.75. The lowest BCUT2D eigenvalue weighted by Crippen LogP contribution is -2.26. The minimum atomic E-state index is -0.110. The zero-order chi connectivity index (χ0) is 17.6. The van der Waals surface area contributed by atoms with Crippen LogP contribution in [0.1, 0.15) is 24.2 Å². The molecule has 25 heavy (non-hydrogen) atoms. The first kappa shape index (κ1) is 16.5. The monoisotopic (exact) mass is 379 g/mol. The lowest BCUT2D eigenvalue weighted by Gasteiger charge is -2.22. The molecule has 1 aliphatic heterocycles. The van der Waals surface area contributed by atoms with Gasteiger partial charge in [-0.1, -0.05) is 28.4 Å². The molecule has 0 aliphatic carbocycles. The van der Waals surface area contributed by atoms with E-state index in [4.69, 9.17) is 32.5 Å². The van der Waals surface area contributed by atoms with Crippen molar-refractivity contribution in [3.63, 3.8) is 0 Å². The fourth-order valence-corrected chi connectivity index (χ4v) is 3.36. The second kappa shape index (κ2) is 6.40. The number of fused-ring (bicyclic) bond motifs is 1. The number of hydrogen-bond donors (Lipinski definition) is 0. The van der Waals surface area contributed by atoms with Gasteiger partial charge >= 0.3 is 0 Å². The number of methoxy groups -OCH3 is 1. The van der Waals surface area contributed by atoms with Crippen LogP contribution in [0.5, 0.6) is 0 Å². The summed E-state index contributed by atoms with van der Waals surface area (Å²) in [5, 5.41) is 4.79. The fraction of sp³-hybridized carbons (Fsp3) is 0.375. The third-order valence-corrected chi connectivity index (χ3v) is 5.01. The van der Waals surface area contributed by atoms with E-state index in [0.29, 0.717) is 45.2 Å². The summed E-state index contributed by atoms with van der Waals surface area (Å²) in [6, 6.07) is 3.31. The van der Waals surface area contributed by atoms with Crippen molar-refractivity contribution in [3.05, 3.63) is 40.1 Å². The largest absolute Gasteiger partial charge is 0.380 e. The molecule has 3 aromatic rings. The third kappa shape index (κ3) is 3.03. The summed E-state index contributed by atoms with van der Waals surface area (Å²) in [5.74, 6) is 1.85. The number of anilines is 1. The van der Waals surface area contributed by atoms with Crippen LogP contribution in [0.25, 0.3) is 11.0 Å². The molecule has 0 bridgehead atoms. The van der Waals surface area contributed by atoms with E-state index in [1.54, 1.807) is 32.4 Å². The van der Waals surface area contributed by atoms with Crippen LogP contribution in [0.4, 0.5) is 5.82 Å². The van der Waals surface area contributed by atoms with Gasteiger partial charge in [0, 0.05) is 20.1 Å². The van der Waals surface area contributed by atoms with Crippen LogP contribution in [0.3, 0.4) is 0 Å². The number of halogens is 2. The van der Waals surface area contributed by atoms with Gasteiger partial charge in [-0.3, -0.25) is 4.98 Å². The number of ether oxygens (including phenoxy) is 1. The van der Waals surface area contributed by atoms with Gasteiger partial charge in [0.15, 0.2) is 5.82 Å². The lowest BCUT2D eigenvalue weighted by atomic mass is 10.2. The Hall–Kier alpha value is -1.96. The Bertz CT molecular complexity index is 932. The van der Waals surface area contributed by atoms with Gasteiger partial charge in [0.2, 0.25) is 5.89 Å². The van der Waals surface area contributed by atoms with E-state index < -0.39 is 0 Å². The van der Waals surface area contributed by atoms with Gasteiger partial charge in [-0.25, -0.2) is 4.98 Å². The molecule has 0 saturated carbocycles. The third-order valence-electron chi connectivity index (χ3n) is 4.29. The SMILES string of the molecule is COC1CC(c2nc(C)no2)N(c2cnc3cc(Cl)c(Cl)cc3n2)C1. The molecule has 7 nitrogen and oxygen atoms in total. The van der Waals surface area contributed by atoms with E-state index in [1.807, 2.05) is 0 Å². The summed E-state index contributed by atoms with van der Waals surface area (Å²) >= 11 is 12.1. The highest BCUT2D eigenvalue weighted by molar-refractivity contribution is 6.42. The van der Waals surface area contributed by atoms with Crippen LogP contribution in [0, 0.1) is 6.92 Å². The molecule has 1 aliphatic rings. The molecule has 3 heterocycles. The smallest absolute Gasteiger partial charge is 0.249 e. The molecule has 0 amide bonds. The van der Waals surface area contributed by atoms with Gasteiger partial charge in [-0.05, 0) is 19.1 Å². The Kier molecular flexibility index (Phi) is 4.23. The van der Waals surface area contributed by atoms with E-state index in [-0.39, 0.29) is 12.1 Å². The first-order valence-electron chi connectivity index (χ1n) is 7.76. The van der Waals surface area contributed by atoms with Crippen molar-refractivity contribution in [2.24, 2.45) is 0 Å². The van der Waals surface area contributed by atoms with Gasteiger partial charge in [0.05, 0.1) is 33.4 Å². The average Bonchev–Trinajstić information content (AvgIpc) is 3.21. The number of nitrogens with zero attached hydrogens (tertiary/aromatic N) is 5. The summed E-state index contributed by atoms with van der Waals surface area (Å²) in [5.41, 5.74) is 1.36. The summed E-state index contributed by atoms with van der Waals surface area (Å²) in [6.45, 7) is 2.45. The van der Waals surface area contributed by atoms with Crippen molar-refractivity contribution >= 4 is 40.1 Å². The van der Waals surface area contributed by atoms with Gasteiger partial charge < -0.3 is 14.2 Å². The molecule has 130 valence electrons. The summed E-state index contributed by atoms with van der Waals surface area (Å²) in [4.78, 5) is 15.6. The van der Waals surface area contributed by atoms with Crippen molar-refractivity contribution in [3.8, 4) is 0 Å². The lowest BCUT2D eigenvalue weighted by molar-refractivity contribution is 0.117. The molecule has 0 radical (unpaired) electrons. The summed E-state index contributed by atoms with van der Waals surface area (Å²) < 4.78 is 10.9. The minimum absolute atomic E-state index is 0.0449. The normalized spacial score (nSPS) is 20.6. The van der Waals surface area contributed by atoms with E-state index in [1.165, 1.54) is 0 Å². The zero-order valence-electron chi connectivity index (χ0n) is 13.6. The second-order valence-electron chi connectivity index (χ2n) is 5.92. The molecule has 1 saturated heterocycles. The maximum Gasteiger partial charge on any atom is 0.249 e. The predicted octanol–water partition coefficient (Wildman–Crippen LogP) is 3.59. The van der Waals surface area contributed by atoms with Gasteiger partial charge in [-0.15, -0.1) is 0 Å². The van der Waals surface area contributed by atoms with Crippen LogP contribution < -0.4 is 4.90 Å². The molecule has 1 aromatic carbocycles. The molecule has 0 N–H and O–H groups in total. The number of aryl methyl sites for hydroxylation is 1. The van der Waals surface area contributed by atoms with Gasteiger partial charge in [-0.2, -0.15) is 4.98 Å². The highest BCUT2D eigenvalue weighted by Crippen LogP contribution is 2.36. The molecule has 1 fully saturated rings. The number of hydrogen-bond acceptors (Lipinski definition) is 7. The van der Waals surface area contributed by atoms with Crippen molar-refractivity contribution in [1.82, 2.24) is 20.1 Å². The highest BCUT2D eigenvalue weighted by Gasteiger charge is 2.37. The van der Waals surface area contributed by atoms with E-state index in [0.717, 1.165) is 6.42 Å². The zero-order valence-corrected chi connectivity index (χ0v) is 15.1. The van der Waals surface area contributed by atoms with Crippen LogP contribution >= 0.6 is 23.2 Å². The molecule has 2 atom stereocenters. The Morgan fingerprint density at radius 3 is 2.64 bits per heavy atom. The number of aromatic nitrogens is 4. The Labute approximate surface area is 153 Å². The standard InChI is InChI=1S/C16H15Cl2N5O2/c1-8-20-16(25-22-8)14-3-9(24-2)7-23(14)15-6-19-12-4-10(17)11(18)5-13(12)21-15/h4-6,9,14H,3,7H2,1-2H3. The van der Waals surface area contributed by atoms with Crippen LogP contribution in [0.15, 0.2) is 22.9 Å². The van der Waals surface area contributed by atoms with Crippen molar-refractivity contribution in [2.45, 2.75) is 25.5 Å². The molecular weight excluding hydrogens is 365 g/mol.